The van der Waals surface area contributed by atoms with Gasteiger partial charge >= 0.3 is 0 Å². The fourth-order valence-corrected chi connectivity index (χ4v) is 2.56. The van der Waals surface area contributed by atoms with Crippen molar-refractivity contribution < 1.29 is 0 Å². The fourth-order valence-electron chi connectivity index (χ4n) is 1.24. The van der Waals surface area contributed by atoms with Gasteiger partial charge in [-0.25, -0.2) is 0 Å². The quantitative estimate of drug-likeness (QED) is 0.792. The Morgan fingerprint density at radius 2 is 1.93 bits per heavy atom. The molecule has 1 rings (SSSR count). The van der Waals surface area contributed by atoms with E-state index < -0.39 is 0 Å². The molecule has 0 spiro atoms. The lowest BCUT2D eigenvalue weighted by Crippen LogP contribution is -2.28. The zero-order chi connectivity index (χ0) is 11.4. The Bertz CT molecular complexity index is 320. The molecule has 0 aliphatic rings. The molecule has 84 valence electrons. The zero-order valence-electron chi connectivity index (χ0n) is 10.1. The third-order valence-electron chi connectivity index (χ3n) is 2.63. The zero-order valence-corrected chi connectivity index (χ0v) is 10.9. The van der Waals surface area contributed by atoms with Crippen LogP contribution < -0.4 is 5.73 Å². The van der Waals surface area contributed by atoms with Crippen LogP contribution in [0, 0.1) is 19.8 Å². The second-order valence-electron chi connectivity index (χ2n) is 4.49. The summed E-state index contributed by atoms with van der Waals surface area (Å²) in [5, 5.41) is 0. The van der Waals surface area contributed by atoms with Gasteiger partial charge in [0.05, 0.1) is 0 Å². The van der Waals surface area contributed by atoms with Crippen LogP contribution in [0.15, 0.2) is 23.1 Å². The lowest BCUT2D eigenvalue weighted by atomic mass is 10.1. The van der Waals surface area contributed by atoms with Crippen molar-refractivity contribution in [2.75, 3.05) is 5.75 Å². The summed E-state index contributed by atoms with van der Waals surface area (Å²) in [6, 6.07) is 6.86. The molecule has 0 saturated heterocycles. The van der Waals surface area contributed by atoms with Gasteiger partial charge in [-0.2, -0.15) is 0 Å². The van der Waals surface area contributed by atoms with Crippen molar-refractivity contribution >= 4 is 11.8 Å². The Hall–Kier alpha value is -0.470. The highest BCUT2D eigenvalue weighted by molar-refractivity contribution is 7.99. The maximum Gasteiger partial charge on any atom is 0.0157 e. The number of nitrogens with two attached hydrogens (primary N) is 1. The summed E-state index contributed by atoms with van der Waals surface area (Å²) in [6.07, 6.45) is 0. The Morgan fingerprint density at radius 3 is 2.53 bits per heavy atom. The molecule has 1 nitrogen and oxygen atoms in total. The number of rotatable bonds is 4. The number of benzene rings is 1. The number of aryl methyl sites for hydroxylation is 2. The second-order valence-corrected chi connectivity index (χ2v) is 5.55. The van der Waals surface area contributed by atoms with Crippen LogP contribution in [0.25, 0.3) is 0 Å². The highest BCUT2D eigenvalue weighted by Crippen LogP contribution is 2.24. The van der Waals surface area contributed by atoms with Crippen LogP contribution in [-0.4, -0.2) is 11.8 Å². The largest absolute Gasteiger partial charge is 0.327 e. The summed E-state index contributed by atoms with van der Waals surface area (Å²) >= 11 is 1.87. The van der Waals surface area contributed by atoms with Crippen molar-refractivity contribution in [1.82, 2.24) is 0 Å². The fraction of sp³-hybridized carbons (Fsp3) is 0.538. The van der Waals surface area contributed by atoms with Gasteiger partial charge in [0.25, 0.3) is 0 Å². The maximum atomic E-state index is 6.03. The minimum absolute atomic E-state index is 0.287. The first kappa shape index (κ1) is 12.6. The van der Waals surface area contributed by atoms with E-state index in [0.717, 1.165) is 5.75 Å². The molecular formula is C13H21NS. The van der Waals surface area contributed by atoms with Crippen LogP contribution in [0.3, 0.4) is 0 Å². The molecule has 1 unspecified atom stereocenters. The maximum absolute atomic E-state index is 6.03. The van der Waals surface area contributed by atoms with Crippen LogP contribution in [-0.2, 0) is 0 Å². The Balaban J connectivity index is 2.61. The monoisotopic (exact) mass is 223 g/mol. The first-order chi connectivity index (χ1) is 7.00. The summed E-state index contributed by atoms with van der Waals surface area (Å²) in [6.45, 7) is 8.64. The van der Waals surface area contributed by atoms with E-state index >= 15 is 0 Å². The normalized spacial score (nSPS) is 13.2. The van der Waals surface area contributed by atoms with Crippen LogP contribution >= 0.6 is 11.8 Å². The summed E-state index contributed by atoms with van der Waals surface area (Å²) in [5.41, 5.74) is 8.70. The van der Waals surface area contributed by atoms with Crippen molar-refractivity contribution in [3.63, 3.8) is 0 Å². The Labute approximate surface area is 97.4 Å². The highest BCUT2D eigenvalue weighted by atomic mass is 32.2. The van der Waals surface area contributed by atoms with Gasteiger partial charge in [0.1, 0.15) is 0 Å². The third-order valence-corrected chi connectivity index (χ3v) is 3.93. The van der Waals surface area contributed by atoms with Gasteiger partial charge in [-0.1, -0.05) is 31.5 Å². The molecule has 0 aromatic heterocycles. The summed E-state index contributed by atoms with van der Waals surface area (Å²) in [7, 11) is 0. The lowest BCUT2D eigenvalue weighted by Gasteiger charge is -2.15. The molecule has 0 radical (unpaired) electrons. The number of hydrogen-bond acceptors (Lipinski definition) is 2. The predicted octanol–water partition coefficient (Wildman–Crippen LogP) is 3.38. The van der Waals surface area contributed by atoms with Gasteiger partial charge in [0, 0.05) is 16.7 Å². The molecule has 2 N–H and O–H groups in total. The molecule has 0 fully saturated rings. The van der Waals surface area contributed by atoms with E-state index in [1.807, 2.05) is 11.8 Å². The molecule has 0 saturated carbocycles. The van der Waals surface area contributed by atoms with Crippen LogP contribution in [0.5, 0.6) is 0 Å². The van der Waals surface area contributed by atoms with Crippen molar-refractivity contribution in [3.05, 3.63) is 29.3 Å². The minimum Gasteiger partial charge on any atom is -0.327 e. The van der Waals surface area contributed by atoms with Crippen LogP contribution in [0.1, 0.15) is 25.0 Å². The van der Waals surface area contributed by atoms with Gasteiger partial charge in [0.2, 0.25) is 0 Å². The van der Waals surface area contributed by atoms with Crippen molar-refractivity contribution in [2.45, 2.75) is 38.6 Å². The Morgan fingerprint density at radius 1 is 1.27 bits per heavy atom. The van der Waals surface area contributed by atoms with Gasteiger partial charge < -0.3 is 5.73 Å². The van der Waals surface area contributed by atoms with E-state index in [1.165, 1.54) is 16.0 Å². The van der Waals surface area contributed by atoms with Gasteiger partial charge in [-0.05, 0) is 31.4 Å². The van der Waals surface area contributed by atoms with Gasteiger partial charge in [-0.3, -0.25) is 0 Å². The molecule has 1 aromatic carbocycles. The summed E-state index contributed by atoms with van der Waals surface area (Å²) in [4.78, 5) is 1.37. The SMILES string of the molecule is Cc1ccc(C)c(SCC(N)C(C)C)c1. The van der Waals surface area contributed by atoms with E-state index in [2.05, 4.69) is 45.9 Å². The number of hydrogen-bond donors (Lipinski definition) is 1. The van der Waals surface area contributed by atoms with Crippen molar-refractivity contribution in [1.29, 1.82) is 0 Å². The van der Waals surface area contributed by atoms with Crippen molar-refractivity contribution in [2.24, 2.45) is 11.7 Å². The number of thioether (sulfide) groups is 1. The molecule has 0 amide bonds. The molecule has 2 heteroatoms. The first-order valence-corrected chi connectivity index (χ1v) is 6.45. The third kappa shape index (κ3) is 3.88. The van der Waals surface area contributed by atoms with E-state index in [9.17, 15) is 0 Å². The molecule has 15 heavy (non-hydrogen) atoms. The molecule has 0 bridgehead atoms. The molecular weight excluding hydrogens is 202 g/mol. The average Bonchev–Trinajstić information content (AvgIpc) is 2.18. The minimum atomic E-state index is 0.287. The summed E-state index contributed by atoms with van der Waals surface area (Å²) in [5.74, 6) is 1.56. The van der Waals surface area contributed by atoms with Crippen LogP contribution in [0.2, 0.25) is 0 Å². The van der Waals surface area contributed by atoms with E-state index in [4.69, 9.17) is 5.73 Å². The standard InChI is InChI=1S/C13H21NS/c1-9(2)12(14)8-15-13-7-10(3)5-6-11(13)4/h5-7,9,12H,8,14H2,1-4H3. The molecule has 1 aromatic rings. The van der Waals surface area contributed by atoms with E-state index in [-0.39, 0.29) is 6.04 Å². The highest BCUT2D eigenvalue weighted by Gasteiger charge is 2.08. The Kier molecular flexibility index (Phi) is 4.68. The second kappa shape index (κ2) is 5.57. The van der Waals surface area contributed by atoms with Gasteiger partial charge in [-0.15, -0.1) is 11.8 Å². The predicted molar refractivity (Wildman–Crippen MR) is 69.5 cm³/mol. The average molecular weight is 223 g/mol. The van der Waals surface area contributed by atoms with E-state index in [0.29, 0.717) is 5.92 Å². The topological polar surface area (TPSA) is 26.0 Å². The molecule has 0 aliphatic carbocycles. The smallest absolute Gasteiger partial charge is 0.0157 e. The van der Waals surface area contributed by atoms with Crippen molar-refractivity contribution in [3.8, 4) is 0 Å². The summed E-state index contributed by atoms with van der Waals surface area (Å²) < 4.78 is 0. The van der Waals surface area contributed by atoms with Gasteiger partial charge in [0.15, 0.2) is 0 Å². The van der Waals surface area contributed by atoms with Crippen LogP contribution in [0.4, 0.5) is 0 Å². The van der Waals surface area contributed by atoms with E-state index in [1.54, 1.807) is 0 Å². The molecule has 1 atom stereocenters. The molecule has 0 aliphatic heterocycles. The first-order valence-electron chi connectivity index (χ1n) is 5.46. The molecule has 0 heterocycles. The lowest BCUT2D eigenvalue weighted by molar-refractivity contribution is 0.535.